The number of nitrogens with zero attached hydrogens (tertiary/aromatic N) is 3. The van der Waals surface area contributed by atoms with Crippen LogP contribution in [0.3, 0.4) is 0 Å². The highest BCUT2D eigenvalue weighted by molar-refractivity contribution is 7.20. The van der Waals surface area contributed by atoms with Gasteiger partial charge in [-0.15, -0.1) is 22.7 Å². The van der Waals surface area contributed by atoms with Crippen molar-refractivity contribution in [1.82, 2.24) is 15.0 Å². The first-order valence-electron chi connectivity index (χ1n) is 5.36. The van der Waals surface area contributed by atoms with Crippen LogP contribution in [0.5, 0.6) is 0 Å². The van der Waals surface area contributed by atoms with Gasteiger partial charge in [0.1, 0.15) is 0 Å². The average molecular weight is 249 g/mol. The molecule has 0 radical (unpaired) electrons. The zero-order valence-electron chi connectivity index (χ0n) is 9.15. The maximum Gasteiger partial charge on any atom is 0.172 e. The lowest BCUT2D eigenvalue weighted by atomic mass is 10.4. The monoisotopic (exact) mass is 249 g/mol. The van der Waals surface area contributed by atoms with Gasteiger partial charge in [-0.05, 0) is 18.9 Å². The quantitative estimate of drug-likeness (QED) is 0.698. The van der Waals surface area contributed by atoms with Crippen molar-refractivity contribution >= 4 is 43.4 Å². The number of aryl methyl sites for hydroxylation is 2. The smallest absolute Gasteiger partial charge is 0.172 e. The van der Waals surface area contributed by atoms with Crippen molar-refractivity contribution in [3.8, 4) is 0 Å². The largest absolute Gasteiger partial charge is 0.221 e. The number of hydrogen-bond donors (Lipinski definition) is 0. The fourth-order valence-corrected chi connectivity index (χ4v) is 3.46. The molecule has 0 unspecified atom stereocenters. The molecule has 0 amide bonds. The van der Waals surface area contributed by atoms with E-state index in [1.54, 1.807) is 22.7 Å². The summed E-state index contributed by atoms with van der Waals surface area (Å²) in [5, 5.41) is 2.30. The molecule has 0 atom stereocenters. The van der Waals surface area contributed by atoms with Crippen molar-refractivity contribution < 1.29 is 0 Å². The first kappa shape index (κ1) is 10.1. The van der Waals surface area contributed by atoms with E-state index in [2.05, 4.69) is 34.9 Å². The summed E-state index contributed by atoms with van der Waals surface area (Å²) in [4.78, 5) is 13.5. The fraction of sp³-hybridized carbons (Fsp3) is 0.364. The molecule has 5 heteroatoms. The molecule has 3 aromatic rings. The number of hydrogen-bond acceptors (Lipinski definition) is 5. The molecule has 3 rings (SSSR count). The van der Waals surface area contributed by atoms with Crippen molar-refractivity contribution in [2.75, 3.05) is 0 Å². The van der Waals surface area contributed by atoms with Crippen LogP contribution in [0.15, 0.2) is 6.07 Å². The summed E-state index contributed by atoms with van der Waals surface area (Å²) in [5.41, 5.74) is 1.70. The van der Waals surface area contributed by atoms with Crippen molar-refractivity contribution in [2.24, 2.45) is 0 Å². The third-order valence-electron chi connectivity index (χ3n) is 2.44. The van der Waals surface area contributed by atoms with Gasteiger partial charge in [-0.1, -0.05) is 13.8 Å². The van der Waals surface area contributed by atoms with Crippen LogP contribution in [-0.2, 0) is 12.8 Å². The molecule has 0 aliphatic heterocycles. The summed E-state index contributed by atoms with van der Waals surface area (Å²) >= 11 is 3.47. The SMILES string of the molecule is CCc1nc2nc3nc(CC)sc3cc2s1. The Bertz CT molecular complexity index is 549. The minimum atomic E-state index is 0.849. The van der Waals surface area contributed by atoms with Gasteiger partial charge < -0.3 is 0 Å². The van der Waals surface area contributed by atoms with E-state index in [0.29, 0.717) is 0 Å². The minimum absolute atomic E-state index is 0.849. The molecule has 3 heterocycles. The fourth-order valence-electron chi connectivity index (χ4n) is 1.61. The van der Waals surface area contributed by atoms with Crippen LogP contribution < -0.4 is 0 Å². The number of pyridine rings is 1. The number of thiazole rings is 2. The Morgan fingerprint density at radius 1 is 0.875 bits per heavy atom. The molecule has 0 spiro atoms. The summed E-state index contributed by atoms with van der Waals surface area (Å²) in [7, 11) is 0. The third kappa shape index (κ3) is 1.51. The lowest BCUT2D eigenvalue weighted by Crippen LogP contribution is -1.81. The lowest BCUT2D eigenvalue weighted by Gasteiger charge is -1.86. The van der Waals surface area contributed by atoms with Gasteiger partial charge in [0.05, 0.1) is 19.4 Å². The molecule has 3 aromatic heterocycles. The molecule has 0 saturated carbocycles. The number of rotatable bonds is 2. The van der Waals surface area contributed by atoms with Gasteiger partial charge in [0, 0.05) is 0 Å². The van der Waals surface area contributed by atoms with Crippen LogP contribution in [-0.4, -0.2) is 15.0 Å². The maximum atomic E-state index is 4.51. The van der Waals surface area contributed by atoms with Gasteiger partial charge in [0.15, 0.2) is 11.3 Å². The summed E-state index contributed by atoms with van der Waals surface area (Å²) in [6.45, 7) is 4.24. The Balaban J connectivity index is 2.28. The Hall–Kier alpha value is -1.07. The molecular weight excluding hydrogens is 238 g/mol. The highest BCUT2D eigenvalue weighted by Crippen LogP contribution is 2.28. The van der Waals surface area contributed by atoms with Gasteiger partial charge in [-0.2, -0.15) is 0 Å². The maximum absolute atomic E-state index is 4.51. The summed E-state index contributed by atoms with van der Waals surface area (Å²) < 4.78 is 2.35. The predicted molar refractivity (Wildman–Crippen MR) is 69.3 cm³/mol. The first-order valence-corrected chi connectivity index (χ1v) is 6.99. The zero-order chi connectivity index (χ0) is 11.1. The molecule has 0 fully saturated rings. The van der Waals surface area contributed by atoms with Crippen LogP contribution in [0.1, 0.15) is 23.9 Å². The Morgan fingerprint density at radius 2 is 1.38 bits per heavy atom. The van der Waals surface area contributed by atoms with E-state index in [1.807, 2.05) is 0 Å². The van der Waals surface area contributed by atoms with Gasteiger partial charge in [-0.3, -0.25) is 0 Å². The van der Waals surface area contributed by atoms with E-state index in [-0.39, 0.29) is 0 Å². The highest BCUT2D eigenvalue weighted by Gasteiger charge is 2.09. The minimum Gasteiger partial charge on any atom is -0.221 e. The average Bonchev–Trinajstić information content (AvgIpc) is 2.86. The molecule has 16 heavy (non-hydrogen) atoms. The van der Waals surface area contributed by atoms with Gasteiger partial charge >= 0.3 is 0 Å². The predicted octanol–water partition coefficient (Wildman–Crippen LogP) is 3.43. The second-order valence-electron chi connectivity index (χ2n) is 3.55. The molecule has 82 valence electrons. The van der Waals surface area contributed by atoms with E-state index in [1.165, 1.54) is 9.40 Å². The molecular formula is C11H11N3S2. The third-order valence-corrected chi connectivity index (χ3v) is 4.71. The first-order chi connectivity index (χ1) is 7.80. The van der Waals surface area contributed by atoms with Crippen molar-refractivity contribution in [3.63, 3.8) is 0 Å². The van der Waals surface area contributed by atoms with Crippen LogP contribution >= 0.6 is 22.7 Å². The summed E-state index contributed by atoms with van der Waals surface area (Å²) in [5.74, 6) is 0. The highest BCUT2D eigenvalue weighted by atomic mass is 32.1. The Labute approximate surface area is 101 Å². The summed E-state index contributed by atoms with van der Waals surface area (Å²) in [6.07, 6.45) is 1.95. The van der Waals surface area contributed by atoms with E-state index >= 15 is 0 Å². The topological polar surface area (TPSA) is 38.7 Å². The van der Waals surface area contributed by atoms with Gasteiger partial charge in [0.25, 0.3) is 0 Å². The van der Waals surface area contributed by atoms with Crippen molar-refractivity contribution in [2.45, 2.75) is 26.7 Å². The molecule has 0 saturated heterocycles. The van der Waals surface area contributed by atoms with Crippen LogP contribution in [0.4, 0.5) is 0 Å². The number of aromatic nitrogens is 3. The van der Waals surface area contributed by atoms with Crippen molar-refractivity contribution in [3.05, 3.63) is 16.1 Å². The van der Waals surface area contributed by atoms with E-state index in [4.69, 9.17) is 0 Å². The van der Waals surface area contributed by atoms with Crippen LogP contribution in [0.2, 0.25) is 0 Å². The van der Waals surface area contributed by atoms with Crippen LogP contribution in [0.25, 0.3) is 20.7 Å². The molecule has 3 nitrogen and oxygen atoms in total. The van der Waals surface area contributed by atoms with Gasteiger partial charge in [0.2, 0.25) is 0 Å². The van der Waals surface area contributed by atoms with E-state index in [0.717, 1.165) is 34.2 Å². The number of fused-ring (bicyclic) bond motifs is 2. The molecule has 0 aliphatic carbocycles. The zero-order valence-corrected chi connectivity index (χ0v) is 10.8. The molecule has 0 N–H and O–H groups in total. The Kier molecular flexibility index (Phi) is 2.37. The van der Waals surface area contributed by atoms with Crippen LogP contribution in [0, 0.1) is 0 Å². The van der Waals surface area contributed by atoms with E-state index in [9.17, 15) is 0 Å². The molecule has 0 aromatic carbocycles. The lowest BCUT2D eigenvalue weighted by molar-refractivity contribution is 1.09. The second kappa shape index (κ2) is 3.75. The van der Waals surface area contributed by atoms with E-state index < -0.39 is 0 Å². The van der Waals surface area contributed by atoms with Crippen molar-refractivity contribution in [1.29, 1.82) is 0 Å². The molecule has 0 bridgehead atoms. The summed E-state index contributed by atoms with van der Waals surface area (Å²) in [6, 6.07) is 2.17. The Morgan fingerprint density at radius 3 is 1.81 bits per heavy atom. The normalized spacial score (nSPS) is 11.6. The molecule has 0 aliphatic rings. The second-order valence-corrected chi connectivity index (χ2v) is 5.78. The van der Waals surface area contributed by atoms with Gasteiger partial charge in [-0.25, -0.2) is 15.0 Å². The standard InChI is InChI=1S/C11H11N3S2/c1-3-8-12-10-6(15-8)5-7-11(14-10)13-9(4-2)16-7/h5H,3-4H2,1-2H3.